The molecule has 0 N–H and O–H groups in total. The van der Waals surface area contributed by atoms with Crippen LogP contribution >= 0.6 is 0 Å². The molecule has 2 heterocycles. The van der Waals surface area contributed by atoms with E-state index < -0.39 is 5.41 Å². The molecular weight excluding hydrogens is 220 g/mol. The van der Waals surface area contributed by atoms with Crippen LogP contribution in [0, 0.1) is 0 Å². The van der Waals surface area contributed by atoms with Gasteiger partial charge in [0.25, 0.3) is 0 Å². The smallest absolute Gasteiger partial charge is 0.238 e. The summed E-state index contributed by atoms with van der Waals surface area (Å²) in [5, 5.41) is 0. The number of pyridine rings is 1. The quantitative estimate of drug-likeness (QED) is 0.720. The fourth-order valence-corrected chi connectivity index (χ4v) is 2.10. The molecule has 0 spiro atoms. The van der Waals surface area contributed by atoms with Crippen LogP contribution in [0.25, 0.3) is 0 Å². The van der Waals surface area contributed by atoms with Crippen LogP contribution in [-0.2, 0) is 10.2 Å². The van der Waals surface area contributed by atoms with Crippen molar-refractivity contribution in [1.82, 2.24) is 4.98 Å². The Hall–Kier alpha value is -1.91. The zero-order valence-corrected chi connectivity index (χ0v) is 10.3. The molecule has 2 rings (SSSR count). The molecule has 17 heavy (non-hydrogen) atoms. The molecule has 90 valence electrons. The lowest BCUT2D eigenvalue weighted by atomic mass is 9.86. The molecule has 0 unspecified atom stereocenters. The van der Waals surface area contributed by atoms with Gasteiger partial charge >= 0.3 is 0 Å². The first-order chi connectivity index (χ1) is 7.93. The van der Waals surface area contributed by atoms with Gasteiger partial charge in [0.15, 0.2) is 6.29 Å². The summed E-state index contributed by atoms with van der Waals surface area (Å²) < 4.78 is 5.03. The highest BCUT2D eigenvalue weighted by molar-refractivity contribution is 6.06. The summed E-state index contributed by atoms with van der Waals surface area (Å²) >= 11 is 0. The fourth-order valence-electron chi connectivity index (χ4n) is 2.10. The molecule has 0 aliphatic carbocycles. The van der Waals surface area contributed by atoms with Gasteiger partial charge in [-0.15, -0.1) is 0 Å². The zero-order chi connectivity index (χ0) is 12.8. The van der Waals surface area contributed by atoms with Crippen molar-refractivity contribution < 1.29 is 14.3 Å². The molecule has 0 atom stereocenters. The molecule has 0 saturated heterocycles. The number of hydrogen-bond donors (Lipinski definition) is 0. The number of anilines is 1. The van der Waals surface area contributed by atoms with Gasteiger partial charge in [-0.1, -0.05) is 0 Å². The van der Waals surface area contributed by atoms with E-state index in [0.717, 1.165) is 5.56 Å². The van der Waals surface area contributed by atoms with Crippen LogP contribution in [0.3, 0.4) is 0 Å². The summed E-state index contributed by atoms with van der Waals surface area (Å²) in [6, 6.07) is 1.68. The predicted molar refractivity (Wildman–Crippen MR) is 62.6 cm³/mol. The van der Waals surface area contributed by atoms with Crippen molar-refractivity contribution in [2.75, 3.05) is 19.1 Å². The normalized spacial score (nSPS) is 16.9. The first kappa shape index (κ1) is 11.6. The van der Waals surface area contributed by atoms with Crippen LogP contribution in [0.4, 0.5) is 5.82 Å². The Kier molecular flexibility index (Phi) is 2.41. The summed E-state index contributed by atoms with van der Waals surface area (Å²) in [5.74, 6) is 0.767. The molecule has 5 nitrogen and oxygen atoms in total. The predicted octanol–water partition coefficient (Wildman–Crippen LogP) is 1.16. The van der Waals surface area contributed by atoms with Crippen molar-refractivity contribution in [3.8, 4) is 5.88 Å². The van der Waals surface area contributed by atoms with Crippen molar-refractivity contribution >= 4 is 18.0 Å². The minimum Gasteiger partial charge on any atom is -0.480 e. The van der Waals surface area contributed by atoms with Gasteiger partial charge in [-0.3, -0.25) is 14.5 Å². The zero-order valence-electron chi connectivity index (χ0n) is 10.3. The van der Waals surface area contributed by atoms with Crippen LogP contribution in [0.2, 0.25) is 0 Å². The van der Waals surface area contributed by atoms with E-state index in [-0.39, 0.29) is 11.8 Å². The Labute approximate surface area is 99.4 Å². The molecule has 0 radical (unpaired) electrons. The molecule has 1 aliphatic heterocycles. The number of aldehydes is 1. The Balaban J connectivity index is 2.71. The van der Waals surface area contributed by atoms with E-state index in [2.05, 4.69) is 4.98 Å². The average molecular weight is 234 g/mol. The topological polar surface area (TPSA) is 59.5 Å². The second-order valence-corrected chi connectivity index (χ2v) is 4.57. The summed E-state index contributed by atoms with van der Waals surface area (Å²) in [6.07, 6.45) is 0.686. The van der Waals surface area contributed by atoms with E-state index in [4.69, 9.17) is 4.74 Å². The summed E-state index contributed by atoms with van der Waals surface area (Å²) in [6.45, 7) is 3.64. The standard InChI is InChI=1S/C12H14N2O3/c1-12(2)8-5-7(6-15)10(17-4)13-9(8)14(3)11(12)16/h5-6H,1-4H3. The third-order valence-electron chi connectivity index (χ3n) is 3.15. The van der Waals surface area contributed by atoms with Crippen LogP contribution in [0.15, 0.2) is 6.07 Å². The second-order valence-electron chi connectivity index (χ2n) is 4.57. The van der Waals surface area contributed by atoms with Crippen LogP contribution in [0.1, 0.15) is 29.8 Å². The third kappa shape index (κ3) is 1.42. The number of rotatable bonds is 2. The number of carbonyl (C=O) groups is 2. The number of amides is 1. The van der Waals surface area contributed by atoms with Gasteiger partial charge in [0.1, 0.15) is 5.82 Å². The highest BCUT2D eigenvalue weighted by atomic mass is 16.5. The van der Waals surface area contributed by atoms with Gasteiger partial charge in [0, 0.05) is 12.6 Å². The minimum atomic E-state index is -0.652. The SMILES string of the molecule is COc1nc2c(cc1C=O)C(C)(C)C(=O)N2C. The lowest BCUT2D eigenvalue weighted by Crippen LogP contribution is -2.33. The molecular formula is C12H14N2O3. The van der Waals surface area contributed by atoms with Crippen molar-refractivity contribution in [1.29, 1.82) is 0 Å². The van der Waals surface area contributed by atoms with Crippen LogP contribution < -0.4 is 9.64 Å². The molecule has 5 heteroatoms. The number of methoxy groups -OCH3 is 1. The Morgan fingerprint density at radius 2 is 2.12 bits per heavy atom. The molecule has 1 amide bonds. The maximum Gasteiger partial charge on any atom is 0.238 e. The number of nitrogens with zero attached hydrogens (tertiary/aromatic N) is 2. The monoisotopic (exact) mass is 234 g/mol. The number of ether oxygens (including phenoxy) is 1. The molecule has 0 aromatic carbocycles. The van der Waals surface area contributed by atoms with Crippen LogP contribution in [0.5, 0.6) is 5.88 Å². The maximum absolute atomic E-state index is 12.0. The van der Waals surface area contributed by atoms with Gasteiger partial charge < -0.3 is 4.74 Å². The van der Waals surface area contributed by atoms with Gasteiger partial charge in [0.2, 0.25) is 11.8 Å². The van der Waals surface area contributed by atoms with E-state index in [1.807, 2.05) is 13.8 Å². The second kappa shape index (κ2) is 3.55. The van der Waals surface area contributed by atoms with Crippen molar-refractivity contribution in [3.05, 3.63) is 17.2 Å². The Bertz CT molecular complexity index is 509. The highest BCUT2D eigenvalue weighted by Gasteiger charge is 2.44. The Morgan fingerprint density at radius 1 is 1.47 bits per heavy atom. The summed E-state index contributed by atoms with van der Waals surface area (Å²) in [4.78, 5) is 28.7. The number of hydrogen-bond acceptors (Lipinski definition) is 4. The summed E-state index contributed by atoms with van der Waals surface area (Å²) in [7, 11) is 3.12. The first-order valence-electron chi connectivity index (χ1n) is 5.26. The Morgan fingerprint density at radius 3 is 2.65 bits per heavy atom. The molecule has 0 fully saturated rings. The number of fused-ring (bicyclic) bond motifs is 1. The van der Waals surface area contributed by atoms with E-state index in [9.17, 15) is 9.59 Å². The van der Waals surface area contributed by atoms with Crippen LogP contribution in [-0.4, -0.2) is 31.3 Å². The van der Waals surface area contributed by atoms with Gasteiger partial charge in [0.05, 0.1) is 18.1 Å². The largest absolute Gasteiger partial charge is 0.480 e. The van der Waals surface area contributed by atoms with E-state index in [1.165, 1.54) is 12.0 Å². The van der Waals surface area contributed by atoms with E-state index >= 15 is 0 Å². The summed E-state index contributed by atoms with van der Waals surface area (Å²) in [5.41, 5.74) is 0.469. The van der Waals surface area contributed by atoms with E-state index in [1.54, 1.807) is 13.1 Å². The van der Waals surface area contributed by atoms with Crippen molar-refractivity contribution in [2.45, 2.75) is 19.3 Å². The van der Waals surface area contributed by atoms with Crippen molar-refractivity contribution in [3.63, 3.8) is 0 Å². The van der Waals surface area contributed by atoms with Gasteiger partial charge in [-0.25, -0.2) is 0 Å². The molecule has 1 aromatic heterocycles. The van der Waals surface area contributed by atoms with E-state index in [0.29, 0.717) is 17.7 Å². The molecule has 1 aromatic rings. The molecule has 1 aliphatic rings. The lowest BCUT2D eigenvalue weighted by molar-refractivity contribution is -0.121. The minimum absolute atomic E-state index is 0.0369. The molecule has 0 saturated carbocycles. The first-order valence-corrected chi connectivity index (χ1v) is 5.26. The highest BCUT2D eigenvalue weighted by Crippen LogP contribution is 2.41. The number of likely N-dealkylation sites (N-methyl/N-ethyl adjacent to an activating group) is 1. The third-order valence-corrected chi connectivity index (χ3v) is 3.15. The van der Waals surface area contributed by atoms with Crippen molar-refractivity contribution in [2.24, 2.45) is 0 Å². The lowest BCUT2D eigenvalue weighted by Gasteiger charge is -2.16. The maximum atomic E-state index is 12.0. The fraction of sp³-hybridized carbons (Fsp3) is 0.417. The van der Waals surface area contributed by atoms with Gasteiger partial charge in [-0.05, 0) is 19.9 Å². The average Bonchev–Trinajstić information content (AvgIpc) is 2.49. The van der Waals surface area contributed by atoms with Gasteiger partial charge in [-0.2, -0.15) is 4.98 Å². The number of aromatic nitrogens is 1. The molecule has 0 bridgehead atoms. The number of carbonyl (C=O) groups excluding carboxylic acids is 2.